The molecule has 1 N–H and O–H groups in total. The molecule has 0 bridgehead atoms. The van der Waals surface area contributed by atoms with Gasteiger partial charge in [0.15, 0.2) is 0 Å². The van der Waals surface area contributed by atoms with Crippen molar-refractivity contribution in [3.05, 3.63) is 0 Å². The van der Waals surface area contributed by atoms with Crippen molar-refractivity contribution in [3.63, 3.8) is 0 Å². The van der Waals surface area contributed by atoms with Gasteiger partial charge in [0.2, 0.25) is 0 Å². The van der Waals surface area contributed by atoms with E-state index < -0.39 is 0 Å². The highest BCUT2D eigenvalue weighted by atomic mass is 16.5. The Morgan fingerprint density at radius 3 is 2.50 bits per heavy atom. The van der Waals surface area contributed by atoms with E-state index in [1.807, 2.05) is 0 Å². The summed E-state index contributed by atoms with van der Waals surface area (Å²) in [4.78, 5) is 0. The third kappa shape index (κ3) is 6.19. The van der Waals surface area contributed by atoms with Crippen molar-refractivity contribution in [2.45, 2.75) is 65.7 Å². The molecule has 0 amide bonds. The molecular formula is C16H33NO. The highest BCUT2D eigenvalue weighted by Gasteiger charge is 2.29. The predicted octanol–water partition coefficient (Wildman–Crippen LogP) is 4.00. The Bertz CT molecular complexity index is 203. The summed E-state index contributed by atoms with van der Waals surface area (Å²) in [6.07, 6.45) is 9.16. The lowest BCUT2D eigenvalue weighted by molar-refractivity contribution is 0.0285. The lowest BCUT2D eigenvalue weighted by Crippen LogP contribution is -2.38. The molecule has 1 rings (SSSR count). The van der Waals surface area contributed by atoms with Crippen molar-refractivity contribution in [1.82, 2.24) is 5.32 Å². The Morgan fingerprint density at radius 2 is 1.94 bits per heavy atom. The molecule has 108 valence electrons. The maximum Gasteiger partial charge on any atom is 0.0534 e. The zero-order chi connectivity index (χ0) is 13.3. The van der Waals surface area contributed by atoms with Crippen LogP contribution < -0.4 is 5.32 Å². The van der Waals surface area contributed by atoms with Crippen molar-refractivity contribution in [1.29, 1.82) is 0 Å². The third-order valence-electron chi connectivity index (χ3n) is 4.20. The number of rotatable bonds is 12. The molecule has 1 aliphatic rings. The van der Waals surface area contributed by atoms with Gasteiger partial charge in [0.1, 0.15) is 0 Å². The fourth-order valence-electron chi connectivity index (χ4n) is 2.42. The highest BCUT2D eigenvalue weighted by molar-refractivity contribution is 4.81. The van der Waals surface area contributed by atoms with E-state index in [2.05, 4.69) is 26.1 Å². The zero-order valence-corrected chi connectivity index (χ0v) is 12.8. The lowest BCUT2D eigenvalue weighted by atomic mass is 9.80. The van der Waals surface area contributed by atoms with E-state index in [4.69, 9.17) is 4.74 Å². The van der Waals surface area contributed by atoms with Crippen LogP contribution in [0.15, 0.2) is 0 Å². The maximum absolute atomic E-state index is 6.00. The van der Waals surface area contributed by atoms with Gasteiger partial charge in [0.25, 0.3) is 0 Å². The minimum atomic E-state index is 0.375. The van der Waals surface area contributed by atoms with Gasteiger partial charge in [-0.05, 0) is 44.6 Å². The first-order valence-electron chi connectivity index (χ1n) is 8.04. The Morgan fingerprint density at radius 1 is 1.17 bits per heavy atom. The number of hydrogen-bond acceptors (Lipinski definition) is 2. The molecule has 1 atom stereocenters. The van der Waals surface area contributed by atoms with Crippen molar-refractivity contribution in [3.8, 4) is 0 Å². The fourth-order valence-corrected chi connectivity index (χ4v) is 2.42. The molecule has 1 saturated carbocycles. The normalized spacial score (nSPS) is 18.8. The molecule has 0 aromatic carbocycles. The van der Waals surface area contributed by atoms with Crippen molar-refractivity contribution in [2.24, 2.45) is 11.3 Å². The molecule has 0 aliphatic heterocycles. The minimum Gasteiger partial charge on any atom is -0.381 e. The van der Waals surface area contributed by atoms with Gasteiger partial charge in [0.05, 0.1) is 6.61 Å². The van der Waals surface area contributed by atoms with Gasteiger partial charge in [-0.3, -0.25) is 0 Å². The molecule has 2 heteroatoms. The van der Waals surface area contributed by atoms with Crippen LogP contribution in [0.1, 0.15) is 65.7 Å². The Labute approximate surface area is 114 Å². The van der Waals surface area contributed by atoms with Crippen LogP contribution in [-0.4, -0.2) is 26.3 Å². The second kappa shape index (κ2) is 8.92. The third-order valence-corrected chi connectivity index (χ3v) is 4.20. The van der Waals surface area contributed by atoms with Gasteiger partial charge >= 0.3 is 0 Å². The van der Waals surface area contributed by atoms with Gasteiger partial charge in [-0.1, -0.05) is 33.6 Å². The first-order chi connectivity index (χ1) is 8.76. The molecule has 0 saturated heterocycles. The Balaban J connectivity index is 2.34. The van der Waals surface area contributed by atoms with E-state index in [0.717, 1.165) is 32.2 Å². The van der Waals surface area contributed by atoms with Gasteiger partial charge < -0.3 is 10.1 Å². The number of nitrogens with one attached hydrogen (secondary N) is 1. The molecule has 1 aliphatic carbocycles. The summed E-state index contributed by atoms with van der Waals surface area (Å²) >= 11 is 0. The summed E-state index contributed by atoms with van der Waals surface area (Å²) in [6, 6.07) is 0. The summed E-state index contributed by atoms with van der Waals surface area (Å²) in [5.41, 5.74) is 0.375. The predicted molar refractivity (Wildman–Crippen MR) is 79.0 cm³/mol. The smallest absolute Gasteiger partial charge is 0.0534 e. The second-order valence-electron chi connectivity index (χ2n) is 6.09. The zero-order valence-electron chi connectivity index (χ0n) is 12.8. The summed E-state index contributed by atoms with van der Waals surface area (Å²) < 4.78 is 6.00. The first kappa shape index (κ1) is 16.0. The first-order valence-corrected chi connectivity index (χ1v) is 8.04. The quantitative estimate of drug-likeness (QED) is 0.532. The summed E-state index contributed by atoms with van der Waals surface area (Å²) in [6.45, 7) is 11.1. The van der Waals surface area contributed by atoms with E-state index in [9.17, 15) is 0 Å². The van der Waals surface area contributed by atoms with Gasteiger partial charge in [0, 0.05) is 18.6 Å². The maximum atomic E-state index is 6.00. The molecule has 1 unspecified atom stereocenters. The van der Waals surface area contributed by atoms with E-state index in [1.54, 1.807) is 0 Å². The SMILES string of the molecule is CCCCC(CC)(CNCCC)COCC1CC1. The number of hydrogen-bond donors (Lipinski definition) is 1. The van der Waals surface area contributed by atoms with Crippen LogP contribution in [0.5, 0.6) is 0 Å². The van der Waals surface area contributed by atoms with Crippen molar-refractivity contribution in [2.75, 3.05) is 26.3 Å². The van der Waals surface area contributed by atoms with E-state index in [0.29, 0.717) is 5.41 Å². The number of ether oxygens (including phenoxy) is 1. The minimum absolute atomic E-state index is 0.375. The van der Waals surface area contributed by atoms with Gasteiger partial charge in [-0.25, -0.2) is 0 Å². The molecule has 1 fully saturated rings. The number of unbranched alkanes of at least 4 members (excludes halogenated alkanes) is 1. The second-order valence-corrected chi connectivity index (χ2v) is 6.09. The Hall–Kier alpha value is -0.0800. The monoisotopic (exact) mass is 255 g/mol. The highest BCUT2D eigenvalue weighted by Crippen LogP contribution is 2.32. The van der Waals surface area contributed by atoms with E-state index in [1.165, 1.54) is 44.9 Å². The molecule has 0 aromatic rings. The summed E-state index contributed by atoms with van der Waals surface area (Å²) in [5.74, 6) is 0.884. The van der Waals surface area contributed by atoms with Crippen LogP contribution in [0, 0.1) is 11.3 Å². The van der Waals surface area contributed by atoms with Crippen molar-refractivity contribution < 1.29 is 4.74 Å². The van der Waals surface area contributed by atoms with Crippen LogP contribution in [0.2, 0.25) is 0 Å². The lowest BCUT2D eigenvalue weighted by Gasteiger charge is -2.33. The molecule has 0 aromatic heterocycles. The van der Waals surface area contributed by atoms with Crippen LogP contribution in [0.3, 0.4) is 0 Å². The van der Waals surface area contributed by atoms with Crippen LogP contribution >= 0.6 is 0 Å². The average Bonchev–Trinajstić information content (AvgIpc) is 3.20. The van der Waals surface area contributed by atoms with E-state index >= 15 is 0 Å². The molecule has 18 heavy (non-hydrogen) atoms. The molecular weight excluding hydrogens is 222 g/mol. The summed E-state index contributed by atoms with van der Waals surface area (Å²) in [7, 11) is 0. The molecule has 0 radical (unpaired) electrons. The van der Waals surface area contributed by atoms with Crippen LogP contribution in [-0.2, 0) is 4.74 Å². The van der Waals surface area contributed by atoms with Crippen LogP contribution in [0.25, 0.3) is 0 Å². The molecule has 2 nitrogen and oxygen atoms in total. The van der Waals surface area contributed by atoms with Crippen LogP contribution in [0.4, 0.5) is 0 Å². The van der Waals surface area contributed by atoms with Gasteiger partial charge in [-0.2, -0.15) is 0 Å². The topological polar surface area (TPSA) is 21.3 Å². The standard InChI is InChI=1S/C16H33NO/c1-4-7-10-16(6-3,13-17-11-5-2)14-18-12-15-8-9-15/h15,17H,4-14H2,1-3H3. The summed E-state index contributed by atoms with van der Waals surface area (Å²) in [5, 5.41) is 3.61. The molecule has 0 spiro atoms. The Kier molecular flexibility index (Phi) is 7.92. The van der Waals surface area contributed by atoms with Gasteiger partial charge in [-0.15, -0.1) is 0 Å². The average molecular weight is 255 g/mol. The molecule has 0 heterocycles. The fraction of sp³-hybridized carbons (Fsp3) is 1.00. The van der Waals surface area contributed by atoms with Crippen molar-refractivity contribution >= 4 is 0 Å². The largest absolute Gasteiger partial charge is 0.381 e. The van der Waals surface area contributed by atoms with E-state index in [-0.39, 0.29) is 0 Å².